The fraction of sp³-hybridized carbons (Fsp3) is 0.235. The summed E-state index contributed by atoms with van der Waals surface area (Å²) in [4.78, 5) is 23.3. The molecule has 1 aliphatic rings. The number of rotatable bonds is 4. The highest BCUT2D eigenvalue weighted by molar-refractivity contribution is 5.88. The lowest BCUT2D eigenvalue weighted by Gasteiger charge is -2.24. The standard InChI is InChI=1S/C17H16N4O3/c22-17(24-10-11-8-23-9-11)21-16-19-14-4-3-12(6-15(14)20-16)13-2-1-5-18-7-13/h1-7,11H,8-10H2,(H2,19,20,21,22). The van der Waals surface area contributed by atoms with Crippen LogP contribution in [-0.4, -0.2) is 40.9 Å². The first-order valence-electron chi connectivity index (χ1n) is 7.69. The van der Waals surface area contributed by atoms with Crippen molar-refractivity contribution in [1.29, 1.82) is 0 Å². The number of aromatic amines is 1. The second-order valence-electron chi connectivity index (χ2n) is 5.69. The minimum absolute atomic E-state index is 0.300. The molecule has 0 radical (unpaired) electrons. The number of pyridine rings is 1. The van der Waals surface area contributed by atoms with Crippen molar-refractivity contribution in [3.8, 4) is 11.1 Å². The van der Waals surface area contributed by atoms with Gasteiger partial charge in [0.2, 0.25) is 5.95 Å². The Balaban J connectivity index is 1.47. The van der Waals surface area contributed by atoms with Crippen LogP contribution in [0, 0.1) is 5.92 Å². The van der Waals surface area contributed by atoms with Crippen LogP contribution in [0.15, 0.2) is 42.7 Å². The summed E-state index contributed by atoms with van der Waals surface area (Å²) in [7, 11) is 0. The summed E-state index contributed by atoms with van der Waals surface area (Å²) >= 11 is 0. The van der Waals surface area contributed by atoms with Crippen molar-refractivity contribution < 1.29 is 14.3 Å². The normalized spacial score (nSPS) is 14.3. The van der Waals surface area contributed by atoms with Crippen molar-refractivity contribution in [2.24, 2.45) is 5.92 Å². The topological polar surface area (TPSA) is 89.1 Å². The van der Waals surface area contributed by atoms with Gasteiger partial charge in [0.25, 0.3) is 0 Å². The third-order valence-corrected chi connectivity index (χ3v) is 3.85. The largest absolute Gasteiger partial charge is 0.449 e. The van der Waals surface area contributed by atoms with Crippen molar-refractivity contribution in [3.63, 3.8) is 0 Å². The van der Waals surface area contributed by atoms with Crippen LogP contribution in [0.4, 0.5) is 10.7 Å². The molecule has 1 aliphatic heterocycles. The van der Waals surface area contributed by atoms with Gasteiger partial charge in [-0.15, -0.1) is 0 Å². The Bertz CT molecular complexity index is 859. The van der Waals surface area contributed by atoms with E-state index < -0.39 is 6.09 Å². The molecule has 0 bridgehead atoms. The predicted molar refractivity (Wildman–Crippen MR) is 88.6 cm³/mol. The zero-order valence-electron chi connectivity index (χ0n) is 12.9. The molecule has 2 aromatic heterocycles. The van der Waals surface area contributed by atoms with Crippen molar-refractivity contribution in [3.05, 3.63) is 42.7 Å². The molecular formula is C17H16N4O3. The Morgan fingerprint density at radius 3 is 3.00 bits per heavy atom. The van der Waals surface area contributed by atoms with Gasteiger partial charge in [-0.3, -0.25) is 10.3 Å². The molecule has 1 fully saturated rings. The van der Waals surface area contributed by atoms with Crippen molar-refractivity contribution in [2.45, 2.75) is 0 Å². The van der Waals surface area contributed by atoms with E-state index in [1.165, 1.54) is 0 Å². The smallest absolute Gasteiger partial charge is 0.413 e. The molecule has 7 heteroatoms. The first kappa shape index (κ1) is 14.6. The molecule has 1 aromatic carbocycles. The van der Waals surface area contributed by atoms with Gasteiger partial charge in [-0.05, 0) is 23.8 Å². The van der Waals surface area contributed by atoms with Gasteiger partial charge in [-0.2, -0.15) is 0 Å². The monoisotopic (exact) mass is 324 g/mol. The van der Waals surface area contributed by atoms with E-state index in [0.717, 1.165) is 22.2 Å². The second kappa shape index (κ2) is 6.29. The van der Waals surface area contributed by atoms with Crippen LogP contribution in [0.1, 0.15) is 0 Å². The molecule has 0 saturated carbocycles. The number of amides is 1. The summed E-state index contributed by atoms with van der Waals surface area (Å²) in [6, 6.07) is 9.73. The number of carbonyl (C=O) groups excluding carboxylic acids is 1. The zero-order valence-corrected chi connectivity index (χ0v) is 12.9. The minimum atomic E-state index is -0.520. The highest BCUT2D eigenvalue weighted by atomic mass is 16.6. The molecule has 3 heterocycles. The lowest BCUT2D eigenvalue weighted by atomic mass is 10.1. The number of hydrogen-bond donors (Lipinski definition) is 2. The zero-order chi connectivity index (χ0) is 16.4. The van der Waals surface area contributed by atoms with Gasteiger partial charge in [-0.1, -0.05) is 12.1 Å². The number of carbonyl (C=O) groups is 1. The maximum absolute atomic E-state index is 11.8. The number of aromatic nitrogens is 3. The Morgan fingerprint density at radius 2 is 2.25 bits per heavy atom. The molecule has 122 valence electrons. The molecular weight excluding hydrogens is 308 g/mol. The SMILES string of the molecule is O=C(Nc1nc2ccc(-c3cccnc3)cc2[nH]1)OCC1COC1. The summed E-state index contributed by atoms with van der Waals surface area (Å²) in [5.41, 5.74) is 3.65. The van der Waals surface area contributed by atoms with E-state index in [0.29, 0.717) is 31.7 Å². The molecule has 0 unspecified atom stereocenters. The van der Waals surface area contributed by atoms with Crippen LogP contribution in [0.5, 0.6) is 0 Å². The van der Waals surface area contributed by atoms with Crippen LogP contribution in [0.2, 0.25) is 0 Å². The van der Waals surface area contributed by atoms with Gasteiger partial charge in [0.05, 0.1) is 24.2 Å². The summed E-state index contributed by atoms with van der Waals surface area (Å²) in [5, 5.41) is 2.61. The number of nitrogens with zero attached hydrogens (tertiary/aromatic N) is 2. The molecule has 4 rings (SSSR count). The van der Waals surface area contributed by atoms with Crippen LogP contribution in [-0.2, 0) is 9.47 Å². The van der Waals surface area contributed by atoms with Crippen LogP contribution in [0.3, 0.4) is 0 Å². The second-order valence-corrected chi connectivity index (χ2v) is 5.69. The summed E-state index contributed by atoms with van der Waals surface area (Å²) in [5.74, 6) is 0.664. The minimum Gasteiger partial charge on any atom is -0.449 e. The van der Waals surface area contributed by atoms with E-state index in [2.05, 4.69) is 20.3 Å². The highest BCUT2D eigenvalue weighted by Crippen LogP contribution is 2.23. The van der Waals surface area contributed by atoms with E-state index in [4.69, 9.17) is 9.47 Å². The number of benzene rings is 1. The summed E-state index contributed by atoms with van der Waals surface area (Å²) in [6.07, 6.45) is 3.02. The van der Waals surface area contributed by atoms with Crippen molar-refractivity contribution in [2.75, 3.05) is 25.1 Å². The Morgan fingerprint density at radius 1 is 1.33 bits per heavy atom. The third-order valence-electron chi connectivity index (χ3n) is 3.85. The van der Waals surface area contributed by atoms with Gasteiger partial charge in [0.1, 0.15) is 6.61 Å². The van der Waals surface area contributed by atoms with E-state index in [-0.39, 0.29) is 0 Å². The summed E-state index contributed by atoms with van der Waals surface area (Å²) in [6.45, 7) is 1.65. The number of ether oxygens (including phenoxy) is 2. The van der Waals surface area contributed by atoms with Crippen molar-refractivity contribution in [1.82, 2.24) is 15.0 Å². The molecule has 2 N–H and O–H groups in total. The van der Waals surface area contributed by atoms with Crippen LogP contribution in [0.25, 0.3) is 22.2 Å². The Labute approximate surface area is 138 Å². The molecule has 1 saturated heterocycles. The number of imidazole rings is 1. The molecule has 3 aromatic rings. The van der Waals surface area contributed by atoms with Gasteiger partial charge in [0.15, 0.2) is 0 Å². The number of H-pyrrole nitrogens is 1. The van der Waals surface area contributed by atoms with Gasteiger partial charge < -0.3 is 14.5 Å². The van der Waals surface area contributed by atoms with Gasteiger partial charge >= 0.3 is 6.09 Å². The van der Waals surface area contributed by atoms with Crippen LogP contribution < -0.4 is 5.32 Å². The van der Waals surface area contributed by atoms with E-state index in [9.17, 15) is 4.79 Å². The maximum atomic E-state index is 11.8. The fourth-order valence-electron chi connectivity index (χ4n) is 2.49. The number of hydrogen-bond acceptors (Lipinski definition) is 5. The Hall–Kier alpha value is -2.93. The van der Waals surface area contributed by atoms with E-state index in [1.807, 2.05) is 30.3 Å². The fourth-order valence-corrected chi connectivity index (χ4v) is 2.49. The quantitative estimate of drug-likeness (QED) is 0.770. The number of fused-ring (bicyclic) bond motifs is 1. The predicted octanol–water partition coefficient (Wildman–Crippen LogP) is 2.82. The number of nitrogens with one attached hydrogen (secondary N) is 2. The molecule has 1 amide bonds. The van der Waals surface area contributed by atoms with Gasteiger partial charge in [0, 0.05) is 23.9 Å². The van der Waals surface area contributed by atoms with E-state index in [1.54, 1.807) is 12.4 Å². The van der Waals surface area contributed by atoms with Crippen LogP contribution >= 0.6 is 0 Å². The average Bonchev–Trinajstić information content (AvgIpc) is 2.95. The van der Waals surface area contributed by atoms with E-state index >= 15 is 0 Å². The average molecular weight is 324 g/mol. The van der Waals surface area contributed by atoms with Crippen molar-refractivity contribution >= 4 is 23.1 Å². The Kier molecular flexibility index (Phi) is 3.84. The molecule has 0 atom stereocenters. The number of anilines is 1. The molecule has 0 aliphatic carbocycles. The lowest BCUT2D eigenvalue weighted by molar-refractivity contribution is -0.0567. The summed E-state index contributed by atoms with van der Waals surface area (Å²) < 4.78 is 10.2. The first-order valence-corrected chi connectivity index (χ1v) is 7.69. The lowest BCUT2D eigenvalue weighted by Crippen LogP contribution is -2.33. The maximum Gasteiger partial charge on any atom is 0.413 e. The third kappa shape index (κ3) is 3.07. The highest BCUT2D eigenvalue weighted by Gasteiger charge is 2.20. The molecule has 24 heavy (non-hydrogen) atoms. The first-order chi connectivity index (χ1) is 11.8. The van der Waals surface area contributed by atoms with Gasteiger partial charge in [-0.25, -0.2) is 9.78 Å². The molecule has 0 spiro atoms. The molecule has 7 nitrogen and oxygen atoms in total.